The molecule has 1 heterocycles. The van der Waals surface area contributed by atoms with Gasteiger partial charge in [-0.25, -0.2) is 4.98 Å². The molecule has 152 valence electrons. The maximum atomic E-state index is 12.6. The quantitative estimate of drug-likeness (QED) is 0.736. The van der Waals surface area contributed by atoms with Crippen LogP contribution >= 0.6 is 0 Å². The summed E-state index contributed by atoms with van der Waals surface area (Å²) in [6, 6.07) is 4.64. The van der Waals surface area contributed by atoms with Gasteiger partial charge in [-0.1, -0.05) is 12.1 Å². The SMILES string of the molecule is O=C(O)Cn1c(CCCC(F)(F)F)nc(-c2ccc(C(F)(F)F)cc2)cc1=O. The molecule has 5 nitrogen and oxygen atoms in total. The number of rotatable bonds is 6. The average Bonchev–Trinajstić information content (AvgIpc) is 2.55. The third kappa shape index (κ3) is 5.83. The summed E-state index contributed by atoms with van der Waals surface area (Å²) in [6.07, 6.45) is -10.9. The van der Waals surface area contributed by atoms with Gasteiger partial charge in [-0.3, -0.25) is 14.2 Å². The number of carboxylic acid groups (broad SMARTS) is 1. The van der Waals surface area contributed by atoms with E-state index < -0.39 is 48.8 Å². The van der Waals surface area contributed by atoms with E-state index in [1.54, 1.807) is 0 Å². The number of hydrogen-bond acceptors (Lipinski definition) is 3. The molecule has 0 radical (unpaired) electrons. The van der Waals surface area contributed by atoms with Crippen molar-refractivity contribution in [2.45, 2.75) is 38.2 Å². The van der Waals surface area contributed by atoms with E-state index in [0.29, 0.717) is 0 Å². The van der Waals surface area contributed by atoms with Gasteiger partial charge in [0, 0.05) is 24.5 Å². The lowest BCUT2D eigenvalue weighted by molar-refractivity contribution is -0.138. The summed E-state index contributed by atoms with van der Waals surface area (Å²) >= 11 is 0. The first-order chi connectivity index (χ1) is 12.9. The van der Waals surface area contributed by atoms with Crippen molar-refractivity contribution in [1.29, 1.82) is 0 Å². The molecule has 0 aliphatic rings. The molecular formula is C17H14F6N2O3. The van der Waals surface area contributed by atoms with E-state index in [0.717, 1.165) is 34.9 Å². The highest BCUT2D eigenvalue weighted by molar-refractivity contribution is 5.67. The molecule has 1 N–H and O–H groups in total. The van der Waals surface area contributed by atoms with E-state index in [1.165, 1.54) is 0 Å². The molecule has 0 unspecified atom stereocenters. The van der Waals surface area contributed by atoms with Gasteiger partial charge in [0.25, 0.3) is 5.56 Å². The van der Waals surface area contributed by atoms with Gasteiger partial charge in [-0.2, -0.15) is 26.3 Å². The Hall–Kier alpha value is -2.85. The largest absolute Gasteiger partial charge is 0.480 e. The summed E-state index contributed by atoms with van der Waals surface area (Å²) in [7, 11) is 0. The second kappa shape index (κ2) is 8.03. The monoisotopic (exact) mass is 408 g/mol. The summed E-state index contributed by atoms with van der Waals surface area (Å²) in [5.41, 5.74) is -1.65. The van der Waals surface area contributed by atoms with E-state index in [2.05, 4.69) is 4.98 Å². The number of benzene rings is 1. The molecular weight excluding hydrogens is 394 g/mol. The molecule has 0 saturated carbocycles. The van der Waals surface area contributed by atoms with Crippen LogP contribution in [-0.4, -0.2) is 26.8 Å². The van der Waals surface area contributed by atoms with E-state index in [9.17, 15) is 35.9 Å². The summed E-state index contributed by atoms with van der Waals surface area (Å²) in [5.74, 6) is -1.57. The Morgan fingerprint density at radius 3 is 2.18 bits per heavy atom. The molecule has 0 atom stereocenters. The maximum Gasteiger partial charge on any atom is 0.416 e. The summed E-state index contributed by atoms with van der Waals surface area (Å²) in [4.78, 5) is 27.2. The first-order valence-electron chi connectivity index (χ1n) is 7.94. The third-order valence-corrected chi connectivity index (χ3v) is 3.75. The van der Waals surface area contributed by atoms with Crippen molar-refractivity contribution in [2.24, 2.45) is 0 Å². The molecule has 0 spiro atoms. The van der Waals surface area contributed by atoms with Gasteiger partial charge >= 0.3 is 18.3 Å². The molecule has 2 aromatic rings. The first-order valence-corrected chi connectivity index (χ1v) is 7.94. The normalized spacial score (nSPS) is 12.2. The van der Waals surface area contributed by atoms with Crippen molar-refractivity contribution < 1.29 is 36.2 Å². The molecule has 0 aliphatic carbocycles. The Morgan fingerprint density at radius 1 is 1.07 bits per heavy atom. The Bertz CT molecular complexity index is 901. The number of halogens is 6. The number of carboxylic acids is 1. The maximum absolute atomic E-state index is 12.6. The van der Waals surface area contributed by atoms with Crippen LogP contribution in [0.1, 0.15) is 24.2 Å². The second-order valence-corrected chi connectivity index (χ2v) is 5.92. The number of aliphatic carboxylic acids is 1. The van der Waals surface area contributed by atoms with Crippen LogP contribution in [0.15, 0.2) is 35.1 Å². The van der Waals surface area contributed by atoms with Crippen LogP contribution < -0.4 is 5.56 Å². The number of aryl methyl sites for hydroxylation is 1. The van der Waals surface area contributed by atoms with Crippen molar-refractivity contribution in [3.63, 3.8) is 0 Å². The van der Waals surface area contributed by atoms with Crippen LogP contribution in [0.3, 0.4) is 0 Å². The van der Waals surface area contributed by atoms with Crippen LogP contribution in [0.5, 0.6) is 0 Å². The van der Waals surface area contributed by atoms with Crippen LogP contribution in [0.4, 0.5) is 26.3 Å². The summed E-state index contributed by atoms with van der Waals surface area (Å²) in [6.45, 7) is -0.791. The molecule has 2 rings (SSSR count). The first kappa shape index (κ1) is 21.5. The molecule has 1 aromatic heterocycles. The second-order valence-electron chi connectivity index (χ2n) is 5.92. The smallest absolute Gasteiger partial charge is 0.416 e. The fraction of sp³-hybridized carbons (Fsp3) is 0.353. The van der Waals surface area contributed by atoms with E-state index in [1.807, 2.05) is 0 Å². The average molecular weight is 408 g/mol. The standard InChI is InChI=1S/C17H14F6N2O3/c18-16(19,20)7-1-2-13-24-12(8-14(26)25(13)9-15(27)28)10-3-5-11(6-4-10)17(21,22)23/h3-6,8H,1-2,7,9H2,(H,27,28). The van der Waals surface area contributed by atoms with E-state index in [4.69, 9.17) is 5.11 Å². The van der Waals surface area contributed by atoms with Gasteiger partial charge in [0.1, 0.15) is 12.4 Å². The van der Waals surface area contributed by atoms with Crippen LogP contribution in [0, 0.1) is 0 Å². The Kier molecular flexibility index (Phi) is 6.15. The van der Waals surface area contributed by atoms with E-state index in [-0.39, 0.29) is 23.5 Å². The molecule has 0 amide bonds. The van der Waals surface area contributed by atoms with Gasteiger partial charge in [-0.05, 0) is 18.6 Å². The topological polar surface area (TPSA) is 72.2 Å². The van der Waals surface area contributed by atoms with Crippen LogP contribution in [-0.2, 0) is 23.9 Å². The lowest BCUT2D eigenvalue weighted by Crippen LogP contribution is -2.28. The number of carbonyl (C=O) groups is 1. The zero-order valence-corrected chi connectivity index (χ0v) is 14.1. The third-order valence-electron chi connectivity index (χ3n) is 3.75. The fourth-order valence-corrected chi connectivity index (χ4v) is 2.47. The Balaban J connectivity index is 2.40. The Labute approximate surface area is 154 Å². The molecule has 11 heteroatoms. The van der Waals surface area contributed by atoms with Gasteiger partial charge < -0.3 is 5.11 Å². The predicted molar refractivity (Wildman–Crippen MR) is 85.6 cm³/mol. The van der Waals surface area contributed by atoms with Crippen molar-refractivity contribution in [3.8, 4) is 11.3 Å². The minimum atomic E-state index is -4.56. The van der Waals surface area contributed by atoms with Gasteiger partial charge in [0.05, 0.1) is 11.3 Å². The molecule has 1 aromatic carbocycles. The zero-order valence-electron chi connectivity index (χ0n) is 14.1. The number of nitrogens with zero attached hydrogens (tertiary/aromatic N) is 2. The van der Waals surface area contributed by atoms with Crippen LogP contribution in [0.25, 0.3) is 11.3 Å². The number of aromatic nitrogens is 2. The number of hydrogen-bond donors (Lipinski definition) is 1. The lowest BCUT2D eigenvalue weighted by atomic mass is 10.1. The summed E-state index contributed by atoms with van der Waals surface area (Å²) < 4.78 is 75.7. The van der Waals surface area contributed by atoms with Crippen molar-refractivity contribution in [1.82, 2.24) is 9.55 Å². The van der Waals surface area contributed by atoms with Gasteiger partial charge in [0.15, 0.2) is 0 Å². The minimum Gasteiger partial charge on any atom is -0.480 e. The molecule has 0 aliphatic heterocycles. The predicted octanol–water partition coefficient (Wildman–Crippen LogP) is 3.90. The zero-order chi connectivity index (χ0) is 21.1. The highest BCUT2D eigenvalue weighted by atomic mass is 19.4. The van der Waals surface area contributed by atoms with Crippen molar-refractivity contribution in [3.05, 3.63) is 52.1 Å². The highest BCUT2D eigenvalue weighted by Gasteiger charge is 2.30. The van der Waals surface area contributed by atoms with Crippen molar-refractivity contribution >= 4 is 5.97 Å². The summed E-state index contributed by atoms with van der Waals surface area (Å²) in [5, 5.41) is 8.89. The molecule has 0 fully saturated rings. The lowest BCUT2D eigenvalue weighted by Gasteiger charge is -2.13. The van der Waals surface area contributed by atoms with Gasteiger partial charge in [-0.15, -0.1) is 0 Å². The highest BCUT2D eigenvalue weighted by Crippen LogP contribution is 2.30. The fourth-order valence-electron chi connectivity index (χ4n) is 2.47. The molecule has 0 saturated heterocycles. The van der Waals surface area contributed by atoms with Gasteiger partial charge in [0.2, 0.25) is 0 Å². The minimum absolute atomic E-state index is 0.0534. The number of alkyl halides is 6. The molecule has 28 heavy (non-hydrogen) atoms. The van der Waals surface area contributed by atoms with Crippen molar-refractivity contribution in [2.75, 3.05) is 0 Å². The molecule has 0 bridgehead atoms. The Morgan fingerprint density at radius 2 is 1.68 bits per heavy atom. The van der Waals surface area contributed by atoms with Crippen LogP contribution in [0.2, 0.25) is 0 Å². The van der Waals surface area contributed by atoms with E-state index >= 15 is 0 Å².